The van der Waals surface area contributed by atoms with Crippen molar-refractivity contribution in [3.8, 4) is 11.5 Å². The molecule has 2 rings (SSSR count). The van der Waals surface area contributed by atoms with Crippen LogP contribution in [0.25, 0.3) is 0 Å². The van der Waals surface area contributed by atoms with Crippen LogP contribution >= 0.6 is 0 Å². The van der Waals surface area contributed by atoms with E-state index in [2.05, 4.69) is 0 Å². The molecule has 2 aromatic carbocycles. The molecule has 0 unspecified atom stereocenters. The highest BCUT2D eigenvalue weighted by atomic mass is 16.5. The number of carbonyl (C=O) groups is 4. The molecule has 6 heteroatoms. The normalized spacial score (nSPS) is 10.1. The lowest BCUT2D eigenvalue weighted by molar-refractivity contribution is 0.109. The third-order valence-electron chi connectivity index (χ3n) is 4.20. The summed E-state index contributed by atoms with van der Waals surface area (Å²) >= 11 is 0. The first-order valence-electron chi connectivity index (χ1n) is 9.06. The summed E-state index contributed by atoms with van der Waals surface area (Å²) in [5.74, 6) is 1.14. The third-order valence-corrected chi connectivity index (χ3v) is 4.20. The number of aldehydes is 4. The van der Waals surface area contributed by atoms with Crippen LogP contribution < -0.4 is 9.47 Å². The molecule has 0 atom stereocenters. The van der Waals surface area contributed by atoms with Gasteiger partial charge in [-0.1, -0.05) is 0 Å². The third kappa shape index (κ3) is 6.16. The minimum Gasteiger partial charge on any atom is -0.494 e. The average Bonchev–Trinajstić information content (AvgIpc) is 2.75. The zero-order valence-electron chi connectivity index (χ0n) is 15.5. The maximum absolute atomic E-state index is 10.9. The maximum atomic E-state index is 10.9. The van der Waals surface area contributed by atoms with Gasteiger partial charge in [0.2, 0.25) is 0 Å². The molecule has 0 radical (unpaired) electrons. The Kier molecular flexibility index (Phi) is 8.59. The van der Waals surface area contributed by atoms with E-state index in [1.54, 1.807) is 36.4 Å². The molecule has 0 N–H and O–H groups in total. The lowest BCUT2D eigenvalue weighted by Gasteiger charge is -2.09. The van der Waals surface area contributed by atoms with Gasteiger partial charge in [0, 0.05) is 22.3 Å². The van der Waals surface area contributed by atoms with Crippen molar-refractivity contribution in [2.75, 3.05) is 13.2 Å². The molecule has 0 heterocycles. The van der Waals surface area contributed by atoms with Crippen LogP contribution in [0.15, 0.2) is 36.4 Å². The number of hydrogen-bond acceptors (Lipinski definition) is 6. The van der Waals surface area contributed by atoms with Gasteiger partial charge in [-0.15, -0.1) is 0 Å². The van der Waals surface area contributed by atoms with E-state index in [1.165, 1.54) is 0 Å². The van der Waals surface area contributed by atoms with Crippen LogP contribution in [0.5, 0.6) is 11.5 Å². The minimum atomic E-state index is 0.323. The molecule has 0 spiro atoms. The Morgan fingerprint density at radius 3 is 1.29 bits per heavy atom. The van der Waals surface area contributed by atoms with Crippen molar-refractivity contribution >= 4 is 25.1 Å². The van der Waals surface area contributed by atoms with Crippen molar-refractivity contribution in [3.05, 3.63) is 58.7 Å². The van der Waals surface area contributed by atoms with E-state index in [4.69, 9.17) is 9.47 Å². The van der Waals surface area contributed by atoms with Crippen molar-refractivity contribution < 1.29 is 28.7 Å². The lowest BCUT2D eigenvalue weighted by Crippen LogP contribution is -2.01. The smallest absolute Gasteiger partial charge is 0.150 e. The first kappa shape index (κ1) is 21.0. The summed E-state index contributed by atoms with van der Waals surface area (Å²) in [6, 6.07) is 9.62. The molecule has 0 fully saturated rings. The molecule has 6 nitrogen and oxygen atoms in total. The van der Waals surface area contributed by atoms with E-state index < -0.39 is 0 Å². The summed E-state index contributed by atoms with van der Waals surface area (Å²) in [5, 5.41) is 0. The van der Waals surface area contributed by atoms with Gasteiger partial charge in [-0.2, -0.15) is 0 Å². The van der Waals surface area contributed by atoms with Crippen LogP contribution in [0.2, 0.25) is 0 Å². The van der Waals surface area contributed by atoms with Crippen LogP contribution in [0.4, 0.5) is 0 Å². The Morgan fingerprint density at radius 2 is 0.929 bits per heavy atom. The number of benzene rings is 2. The van der Waals surface area contributed by atoms with E-state index in [9.17, 15) is 19.2 Å². The van der Waals surface area contributed by atoms with Gasteiger partial charge in [0.1, 0.15) is 11.5 Å². The molecule has 2 aromatic rings. The molecule has 0 aliphatic heterocycles. The first-order chi connectivity index (χ1) is 13.7. The lowest BCUT2D eigenvalue weighted by atomic mass is 10.1. The number of unbranched alkanes of at least 4 members (excludes halogenated alkanes) is 3. The molecular weight excluding hydrogens is 360 g/mol. The Labute approximate surface area is 163 Å². The molecule has 0 saturated heterocycles. The monoisotopic (exact) mass is 382 g/mol. The van der Waals surface area contributed by atoms with Crippen LogP contribution in [0, 0.1) is 0 Å². The van der Waals surface area contributed by atoms with E-state index >= 15 is 0 Å². The van der Waals surface area contributed by atoms with E-state index in [-0.39, 0.29) is 0 Å². The van der Waals surface area contributed by atoms with Gasteiger partial charge in [-0.3, -0.25) is 19.2 Å². The van der Waals surface area contributed by atoms with Gasteiger partial charge in [-0.25, -0.2) is 0 Å². The Balaban J connectivity index is 1.62. The molecule has 0 saturated carbocycles. The van der Waals surface area contributed by atoms with Crippen molar-refractivity contribution in [1.29, 1.82) is 0 Å². The highest BCUT2D eigenvalue weighted by Gasteiger charge is 2.04. The van der Waals surface area contributed by atoms with E-state index in [0.717, 1.165) is 25.7 Å². The fourth-order valence-corrected chi connectivity index (χ4v) is 2.64. The predicted octanol–water partition coefficient (Wildman–Crippen LogP) is 3.95. The highest BCUT2D eigenvalue weighted by Crippen LogP contribution is 2.17. The minimum absolute atomic E-state index is 0.323. The predicted molar refractivity (Wildman–Crippen MR) is 104 cm³/mol. The standard InChI is InChI=1S/C22H22O6/c23-13-17-5-7-21(11-19(17)15-25)27-9-3-1-2-4-10-28-22-8-6-18(14-24)20(12-22)16-26/h5-8,11-16H,1-4,9-10H2. The summed E-state index contributed by atoms with van der Waals surface area (Å²) < 4.78 is 11.2. The number of hydrogen-bond donors (Lipinski definition) is 0. The summed E-state index contributed by atoms with van der Waals surface area (Å²) in [4.78, 5) is 43.4. The summed E-state index contributed by atoms with van der Waals surface area (Å²) in [7, 11) is 0. The summed E-state index contributed by atoms with van der Waals surface area (Å²) in [6.45, 7) is 1.05. The second-order valence-corrected chi connectivity index (χ2v) is 6.16. The number of rotatable bonds is 13. The SMILES string of the molecule is O=Cc1ccc(OCCCCCCOc2ccc(C=O)c(C=O)c2)cc1C=O. The molecule has 0 aromatic heterocycles. The van der Waals surface area contributed by atoms with Gasteiger partial charge in [0.05, 0.1) is 13.2 Å². The van der Waals surface area contributed by atoms with Gasteiger partial charge in [0.15, 0.2) is 25.1 Å². The molecule has 0 amide bonds. The van der Waals surface area contributed by atoms with Crippen molar-refractivity contribution in [2.24, 2.45) is 0 Å². The van der Waals surface area contributed by atoms with E-state index in [1.807, 2.05) is 0 Å². The molecule has 146 valence electrons. The number of carbonyl (C=O) groups excluding carboxylic acids is 4. The summed E-state index contributed by atoms with van der Waals surface area (Å²) in [5.41, 5.74) is 1.35. The molecule has 0 bridgehead atoms. The fraction of sp³-hybridized carbons (Fsp3) is 0.273. The van der Waals surface area contributed by atoms with Crippen LogP contribution in [-0.4, -0.2) is 38.4 Å². The van der Waals surface area contributed by atoms with Crippen LogP contribution in [0.1, 0.15) is 67.1 Å². The van der Waals surface area contributed by atoms with Gasteiger partial charge in [0.25, 0.3) is 0 Å². The van der Waals surface area contributed by atoms with Gasteiger partial charge in [-0.05, 0) is 62.1 Å². The quantitative estimate of drug-likeness (QED) is 0.385. The van der Waals surface area contributed by atoms with Crippen molar-refractivity contribution in [2.45, 2.75) is 25.7 Å². The van der Waals surface area contributed by atoms with Crippen molar-refractivity contribution in [3.63, 3.8) is 0 Å². The Hall–Kier alpha value is -3.28. The molecule has 28 heavy (non-hydrogen) atoms. The van der Waals surface area contributed by atoms with Crippen LogP contribution in [0.3, 0.4) is 0 Å². The zero-order valence-corrected chi connectivity index (χ0v) is 15.5. The van der Waals surface area contributed by atoms with E-state index in [0.29, 0.717) is 72.1 Å². The fourth-order valence-electron chi connectivity index (χ4n) is 2.64. The van der Waals surface area contributed by atoms with Crippen molar-refractivity contribution in [1.82, 2.24) is 0 Å². The number of ether oxygens (including phenoxy) is 2. The molecule has 0 aliphatic rings. The average molecular weight is 382 g/mol. The maximum Gasteiger partial charge on any atom is 0.150 e. The Bertz CT molecular complexity index is 758. The topological polar surface area (TPSA) is 86.7 Å². The summed E-state index contributed by atoms with van der Waals surface area (Å²) in [6.07, 6.45) is 6.20. The molecular formula is C22H22O6. The first-order valence-corrected chi connectivity index (χ1v) is 9.06. The largest absolute Gasteiger partial charge is 0.494 e. The van der Waals surface area contributed by atoms with Gasteiger partial charge >= 0.3 is 0 Å². The van der Waals surface area contributed by atoms with Gasteiger partial charge < -0.3 is 9.47 Å². The second kappa shape index (κ2) is 11.4. The second-order valence-electron chi connectivity index (χ2n) is 6.16. The highest BCUT2D eigenvalue weighted by molar-refractivity contribution is 5.91. The Morgan fingerprint density at radius 1 is 0.536 bits per heavy atom. The van der Waals surface area contributed by atoms with Crippen LogP contribution in [-0.2, 0) is 0 Å². The zero-order chi connectivity index (χ0) is 20.2. The molecule has 0 aliphatic carbocycles.